The van der Waals surface area contributed by atoms with Gasteiger partial charge in [-0.1, -0.05) is 39.7 Å². The zero-order valence-corrected chi connectivity index (χ0v) is 12.7. The number of hydrogen-bond acceptors (Lipinski definition) is 3. The molecular formula is C12H25O6P. The number of aliphatic carboxylic acids is 1. The van der Waals surface area contributed by atoms with Crippen LogP contribution in [0.3, 0.4) is 0 Å². The molecule has 0 fully saturated rings. The van der Waals surface area contributed by atoms with E-state index in [0.29, 0.717) is 0 Å². The van der Waals surface area contributed by atoms with Crippen LogP contribution in [-0.4, -0.2) is 27.5 Å². The lowest BCUT2D eigenvalue weighted by Gasteiger charge is -2.14. The van der Waals surface area contributed by atoms with E-state index in [1.807, 2.05) is 6.92 Å². The maximum Gasteiger partial charge on any atom is 0.469 e. The molecule has 0 aromatic rings. The van der Waals surface area contributed by atoms with Gasteiger partial charge in [0.25, 0.3) is 0 Å². The van der Waals surface area contributed by atoms with E-state index in [1.165, 1.54) is 6.92 Å². The Labute approximate surface area is 114 Å². The number of hydrogen-bond donors (Lipinski definition) is 3. The van der Waals surface area contributed by atoms with E-state index in [1.54, 1.807) is 0 Å². The maximum atomic E-state index is 10.4. The zero-order chi connectivity index (χ0) is 15.5. The summed E-state index contributed by atoms with van der Waals surface area (Å²) in [5.74, 6) is -0.664. The van der Waals surface area contributed by atoms with Crippen LogP contribution in [0.4, 0.5) is 0 Å². The molecule has 1 unspecified atom stereocenters. The van der Waals surface area contributed by atoms with Gasteiger partial charge >= 0.3 is 13.8 Å². The molecule has 0 saturated carbocycles. The summed E-state index contributed by atoms with van der Waals surface area (Å²) < 4.78 is 14.8. The van der Waals surface area contributed by atoms with Crippen molar-refractivity contribution in [3.8, 4) is 0 Å². The molecule has 114 valence electrons. The van der Waals surface area contributed by atoms with Gasteiger partial charge in [0, 0.05) is 5.57 Å². The highest BCUT2D eigenvalue weighted by Gasteiger charge is 2.16. The summed E-state index contributed by atoms with van der Waals surface area (Å²) in [5.41, 5.74) is 0.176. The Morgan fingerprint density at radius 1 is 1.37 bits per heavy atom. The lowest BCUT2D eigenvalue weighted by Crippen LogP contribution is -2.07. The first-order chi connectivity index (χ1) is 8.64. The Kier molecular flexibility index (Phi) is 12.1. The fourth-order valence-corrected chi connectivity index (χ4v) is 1.51. The quantitative estimate of drug-likeness (QED) is 0.470. The van der Waals surface area contributed by atoms with Crippen LogP contribution >= 0.6 is 7.82 Å². The molecule has 3 N–H and O–H groups in total. The number of carboxylic acid groups (broad SMARTS) is 1. The van der Waals surface area contributed by atoms with Crippen molar-refractivity contribution in [2.75, 3.05) is 6.61 Å². The molecule has 6 nitrogen and oxygen atoms in total. The second kappa shape index (κ2) is 11.2. The summed E-state index contributed by atoms with van der Waals surface area (Å²) in [5, 5.41) is 7.89. The molecule has 0 aromatic carbocycles. The molecule has 1 atom stereocenters. The monoisotopic (exact) mass is 296 g/mol. The summed E-state index contributed by atoms with van der Waals surface area (Å²) in [6.45, 7) is 8.87. The van der Waals surface area contributed by atoms with Crippen LogP contribution in [0.1, 0.15) is 46.5 Å². The normalized spacial score (nSPS) is 12.3. The Morgan fingerprint density at radius 2 is 1.84 bits per heavy atom. The second-order valence-corrected chi connectivity index (χ2v) is 5.53. The van der Waals surface area contributed by atoms with Gasteiger partial charge in [0.2, 0.25) is 0 Å². The number of unbranched alkanes of at least 4 members (excludes halogenated alkanes) is 1. The van der Waals surface area contributed by atoms with Crippen LogP contribution in [0, 0.1) is 5.92 Å². The molecule has 0 radical (unpaired) electrons. The number of rotatable bonds is 8. The highest BCUT2D eigenvalue weighted by molar-refractivity contribution is 7.46. The van der Waals surface area contributed by atoms with Crippen molar-refractivity contribution in [1.29, 1.82) is 0 Å². The largest absolute Gasteiger partial charge is 0.478 e. The zero-order valence-electron chi connectivity index (χ0n) is 11.8. The molecule has 0 bridgehead atoms. The molecule has 0 saturated heterocycles. The van der Waals surface area contributed by atoms with E-state index in [2.05, 4.69) is 18.0 Å². The molecule has 0 rings (SSSR count). The molecule has 0 heterocycles. The Bertz CT molecular complexity index is 297. The van der Waals surface area contributed by atoms with Gasteiger partial charge in [-0.3, -0.25) is 4.52 Å². The Balaban J connectivity index is 0. The summed E-state index contributed by atoms with van der Waals surface area (Å²) in [4.78, 5) is 26.6. The summed E-state index contributed by atoms with van der Waals surface area (Å²) >= 11 is 0. The van der Waals surface area contributed by atoms with Crippen LogP contribution in [0.5, 0.6) is 0 Å². The molecule has 7 heteroatoms. The van der Waals surface area contributed by atoms with Gasteiger partial charge in [-0.25, -0.2) is 9.36 Å². The fourth-order valence-electron chi connectivity index (χ4n) is 1.10. The lowest BCUT2D eigenvalue weighted by molar-refractivity contribution is -0.132. The molecule has 0 amide bonds. The first-order valence-corrected chi connectivity index (χ1v) is 7.75. The minimum atomic E-state index is -4.26. The SMILES string of the molecule is C=C(C)C(=O)O.CCCCC(CC)COP(=O)(O)O. The number of phosphoric acid groups is 1. The molecule has 0 aromatic heterocycles. The van der Waals surface area contributed by atoms with Crippen molar-refractivity contribution in [2.45, 2.75) is 46.5 Å². The number of carbonyl (C=O) groups is 1. The third-order valence-corrected chi connectivity index (χ3v) is 2.87. The number of phosphoric ester groups is 1. The molecule has 19 heavy (non-hydrogen) atoms. The average molecular weight is 296 g/mol. The van der Waals surface area contributed by atoms with Gasteiger partial charge < -0.3 is 14.9 Å². The van der Waals surface area contributed by atoms with Gasteiger partial charge in [-0.15, -0.1) is 0 Å². The van der Waals surface area contributed by atoms with E-state index in [9.17, 15) is 9.36 Å². The summed E-state index contributed by atoms with van der Waals surface area (Å²) in [6, 6.07) is 0. The highest BCUT2D eigenvalue weighted by Crippen LogP contribution is 2.36. The third kappa shape index (κ3) is 17.3. The average Bonchev–Trinajstić information content (AvgIpc) is 2.28. The van der Waals surface area contributed by atoms with Crippen LogP contribution in [0.15, 0.2) is 12.2 Å². The fraction of sp³-hybridized carbons (Fsp3) is 0.750. The second-order valence-electron chi connectivity index (χ2n) is 4.29. The van der Waals surface area contributed by atoms with Crippen LogP contribution in [0.25, 0.3) is 0 Å². The minimum absolute atomic E-state index is 0.167. The Morgan fingerprint density at radius 3 is 2.11 bits per heavy atom. The smallest absolute Gasteiger partial charge is 0.469 e. The standard InChI is InChI=1S/C8H19O4P.C4H6O2/c1-3-5-6-8(4-2)7-12-13(9,10)11;1-3(2)4(5)6/h8H,3-7H2,1-2H3,(H2,9,10,11);1H2,2H3,(H,5,6). The van der Waals surface area contributed by atoms with Gasteiger partial charge in [0.1, 0.15) is 0 Å². The highest BCUT2D eigenvalue weighted by atomic mass is 31.2. The van der Waals surface area contributed by atoms with Crippen molar-refractivity contribution in [2.24, 2.45) is 5.92 Å². The van der Waals surface area contributed by atoms with Crippen molar-refractivity contribution < 1.29 is 28.8 Å². The lowest BCUT2D eigenvalue weighted by atomic mass is 10.0. The van der Waals surface area contributed by atoms with Gasteiger partial charge in [-0.2, -0.15) is 0 Å². The topological polar surface area (TPSA) is 104 Å². The molecule has 0 spiro atoms. The third-order valence-electron chi connectivity index (χ3n) is 2.39. The van der Waals surface area contributed by atoms with Gasteiger partial charge in [-0.05, 0) is 19.3 Å². The van der Waals surface area contributed by atoms with Crippen LogP contribution < -0.4 is 0 Å². The van der Waals surface area contributed by atoms with Crippen LogP contribution in [0.2, 0.25) is 0 Å². The minimum Gasteiger partial charge on any atom is -0.478 e. The van der Waals surface area contributed by atoms with Crippen molar-refractivity contribution in [1.82, 2.24) is 0 Å². The van der Waals surface area contributed by atoms with E-state index in [-0.39, 0.29) is 18.1 Å². The first kappa shape index (κ1) is 20.6. The van der Waals surface area contributed by atoms with Gasteiger partial charge in [0.05, 0.1) is 6.61 Å². The summed E-state index contributed by atoms with van der Waals surface area (Å²) in [7, 11) is -4.26. The van der Waals surface area contributed by atoms with Crippen LogP contribution in [-0.2, 0) is 13.9 Å². The van der Waals surface area contributed by atoms with Crippen molar-refractivity contribution >= 4 is 13.8 Å². The van der Waals surface area contributed by atoms with E-state index in [4.69, 9.17) is 14.9 Å². The van der Waals surface area contributed by atoms with E-state index in [0.717, 1.165) is 25.7 Å². The van der Waals surface area contributed by atoms with Gasteiger partial charge in [0.15, 0.2) is 0 Å². The molecular weight excluding hydrogens is 271 g/mol. The predicted octanol–water partition coefficient (Wildman–Crippen LogP) is 2.96. The van der Waals surface area contributed by atoms with E-state index >= 15 is 0 Å². The maximum absolute atomic E-state index is 10.4. The summed E-state index contributed by atoms with van der Waals surface area (Å²) in [6.07, 6.45) is 4.07. The Hall–Kier alpha value is -0.680. The van der Waals surface area contributed by atoms with Crippen molar-refractivity contribution in [3.05, 3.63) is 12.2 Å². The van der Waals surface area contributed by atoms with E-state index < -0.39 is 13.8 Å². The first-order valence-electron chi connectivity index (χ1n) is 6.22. The molecule has 0 aliphatic rings. The molecule has 0 aliphatic heterocycles. The molecule has 0 aliphatic carbocycles. The van der Waals surface area contributed by atoms with Crippen molar-refractivity contribution in [3.63, 3.8) is 0 Å². The number of carboxylic acids is 1. The predicted molar refractivity (Wildman–Crippen MR) is 73.8 cm³/mol.